The third-order valence-corrected chi connectivity index (χ3v) is 5.35. The fraction of sp³-hybridized carbons (Fsp3) is 0.238. The highest BCUT2D eigenvalue weighted by atomic mass is 32.1. The number of nitrogens with zero attached hydrogens (tertiary/aromatic N) is 1. The number of rotatable bonds is 7. The molecule has 0 atom stereocenters. The number of carbonyl (C=O) groups excluding carboxylic acids is 2. The van der Waals surface area contributed by atoms with Crippen LogP contribution in [0.4, 0.5) is 0 Å². The summed E-state index contributed by atoms with van der Waals surface area (Å²) in [5.41, 5.74) is 10.9. The molecule has 0 fully saturated rings. The van der Waals surface area contributed by atoms with Crippen LogP contribution in [0.25, 0.3) is 11.1 Å². The number of carbonyl (C=O) groups is 2. The molecular formula is C21H22N2O3S. The first-order valence-corrected chi connectivity index (χ1v) is 9.62. The molecule has 0 saturated heterocycles. The number of benzene rings is 1. The molecule has 0 aliphatic heterocycles. The molecule has 0 aliphatic carbocycles. The molecule has 0 radical (unpaired) electrons. The van der Waals surface area contributed by atoms with Crippen LogP contribution in [0.5, 0.6) is 0 Å². The van der Waals surface area contributed by atoms with Crippen molar-refractivity contribution in [2.45, 2.75) is 26.3 Å². The Kier molecular flexibility index (Phi) is 5.76. The quantitative estimate of drug-likeness (QED) is 0.632. The normalized spacial score (nSPS) is 10.7. The standard InChI is InChI=1S/C21H22N2O3S/c1-14-19(21(22)25)20(16-10-11-27-13-16)17(8-9-18(24)26-2)23(14)12-15-6-4-3-5-7-15/h3-7,10-11,13H,8-9,12H2,1-2H3,(H2,22,25). The number of thiophene rings is 1. The van der Waals surface area contributed by atoms with E-state index >= 15 is 0 Å². The Morgan fingerprint density at radius 2 is 1.93 bits per heavy atom. The van der Waals surface area contributed by atoms with E-state index in [0.29, 0.717) is 18.5 Å². The molecule has 0 unspecified atom stereocenters. The van der Waals surface area contributed by atoms with Crippen molar-refractivity contribution in [3.63, 3.8) is 0 Å². The Balaban J connectivity index is 2.16. The molecule has 27 heavy (non-hydrogen) atoms. The van der Waals surface area contributed by atoms with Crippen molar-refractivity contribution in [3.05, 3.63) is 69.7 Å². The van der Waals surface area contributed by atoms with Crippen molar-refractivity contribution >= 4 is 23.2 Å². The lowest BCUT2D eigenvalue weighted by Crippen LogP contribution is -2.13. The summed E-state index contributed by atoms with van der Waals surface area (Å²) in [6, 6.07) is 12.0. The van der Waals surface area contributed by atoms with E-state index in [-0.39, 0.29) is 12.4 Å². The van der Waals surface area contributed by atoms with Gasteiger partial charge in [0, 0.05) is 23.5 Å². The monoisotopic (exact) mass is 382 g/mol. The van der Waals surface area contributed by atoms with E-state index < -0.39 is 5.91 Å². The van der Waals surface area contributed by atoms with Crippen LogP contribution in [0.15, 0.2) is 47.2 Å². The molecule has 1 aromatic carbocycles. The molecule has 2 heterocycles. The van der Waals surface area contributed by atoms with Crippen LogP contribution >= 0.6 is 11.3 Å². The van der Waals surface area contributed by atoms with Crippen LogP contribution in [0, 0.1) is 6.92 Å². The summed E-state index contributed by atoms with van der Waals surface area (Å²) in [7, 11) is 1.38. The highest BCUT2D eigenvalue weighted by Crippen LogP contribution is 2.35. The van der Waals surface area contributed by atoms with Crippen molar-refractivity contribution in [2.24, 2.45) is 5.73 Å². The van der Waals surface area contributed by atoms with Crippen LogP contribution < -0.4 is 5.73 Å². The first-order valence-electron chi connectivity index (χ1n) is 8.68. The number of primary amides is 1. The highest BCUT2D eigenvalue weighted by molar-refractivity contribution is 7.08. The minimum Gasteiger partial charge on any atom is -0.469 e. The molecule has 2 aromatic heterocycles. The molecular weight excluding hydrogens is 360 g/mol. The molecule has 1 amide bonds. The van der Waals surface area contributed by atoms with Crippen molar-refractivity contribution in [3.8, 4) is 11.1 Å². The van der Waals surface area contributed by atoms with Gasteiger partial charge < -0.3 is 15.0 Å². The van der Waals surface area contributed by atoms with E-state index in [4.69, 9.17) is 10.5 Å². The molecule has 3 aromatic rings. The SMILES string of the molecule is COC(=O)CCc1c(-c2ccsc2)c(C(N)=O)c(C)n1Cc1ccccc1. The molecule has 0 saturated carbocycles. The number of hydrogen-bond donors (Lipinski definition) is 1. The van der Waals surface area contributed by atoms with Crippen LogP contribution in [-0.4, -0.2) is 23.6 Å². The predicted molar refractivity (Wildman–Crippen MR) is 107 cm³/mol. The van der Waals surface area contributed by atoms with Gasteiger partial charge >= 0.3 is 5.97 Å². The summed E-state index contributed by atoms with van der Waals surface area (Å²) in [6.45, 7) is 2.51. The van der Waals surface area contributed by atoms with E-state index in [2.05, 4.69) is 4.57 Å². The molecule has 0 spiro atoms. The van der Waals surface area contributed by atoms with E-state index in [1.54, 1.807) is 11.3 Å². The van der Waals surface area contributed by atoms with Crippen molar-refractivity contribution in [1.29, 1.82) is 0 Å². The van der Waals surface area contributed by atoms with E-state index in [0.717, 1.165) is 28.1 Å². The summed E-state index contributed by atoms with van der Waals surface area (Å²) >= 11 is 1.56. The molecule has 6 heteroatoms. The Hall–Kier alpha value is -2.86. The lowest BCUT2D eigenvalue weighted by molar-refractivity contribution is -0.140. The Morgan fingerprint density at radius 3 is 2.52 bits per heavy atom. The minimum absolute atomic E-state index is 0.240. The van der Waals surface area contributed by atoms with Crippen LogP contribution in [0.3, 0.4) is 0 Å². The summed E-state index contributed by atoms with van der Waals surface area (Å²) in [4.78, 5) is 24.0. The second-order valence-corrected chi connectivity index (χ2v) is 7.09. The largest absolute Gasteiger partial charge is 0.469 e. The molecule has 140 valence electrons. The predicted octanol–water partition coefficient (Wildman–Crippen LogP) is 3.78. The van der Waals surface area contributed by atoms with Crippen LogP contribution in [0.1, 0.15) is 33.7 Å². The van der Waals surface area contributed by atoms with Gasteiger partial charge in [0.25, 0.3) is 5.91 Å². The second-order valence-electron chi connectivity index (χ2n) is 6.31. The average Bonchev–Trinajstić information content (AvgIpc) is 3.28. The molecule has 3 rings (SSSR count). The van der Waals surface area contributed by atoms with Gasteiger partial charge in [-0.3, -0.25) is 9.59 Å². The highest BCUT2D eigenvalue weighted by Gasteiger charge is 2.25. The van der Waals surface area contributed by atoms with E-state index in [1.807, 2.05) is 54.1 Å². The second kappa shape index (κ2) is 8.22. The first kappa shape index (κ1) is 18.9. The number of hydrogen-bond acceptors (Lipinski definition) is 4. The molecule has 0 bridgehead atoms. The summed E-state index contributed by atoms with van der Waals surface area (Å²) < 4.78 is 6.90. The number of aromatic nitrogens is 1. The smallest absolute Gasteiger partial charge is 0.305 e. The zero-order valence-electron chi connectivity index (χ0n) is 15.4. The summed E-state index contributed by atoms with van der Waals surface area (Å²) in [6.07, 6.45) is 0.711. The number of methoxy groups -OCH3 is 1. The number of ether oxygens (including phenoxy) is 1. The summed E-state index contributed by atoms with van der Waals surface area (Å²) in [5.74, 6) is -0.739. The van der Waals surface area contributed by atoms with Crippen molar-refractivity contribution in [1.82, 2.24) is 4.57 Å². The zero-order chi connectivity index (χ0) is 19.4. The lowest BCUT2D eigenvalue weighted by Gasteiger charge is -2.13. The lowest BCUT2D eigenvalue weighted by atomic mass is 10.0. The van der Waals surface area contributed by atoms with Gasteiger partial charge in [-0.1, -0.05) is 30.3 Å². The zero-order valence-corrected chi connectivity index (χ0v) is 16.2. The topological polar surface area (TPSA) is 74.3 Å². The van der Waals surface area contributed by atoms with Crippen LogP contribution in [-0.2, 0) is 22.5 Å². The average molecular weight is 382 g/mol. The van der Waals surface area contributed by atoms with E-state index in [9.17, 15) is 9.59 Å². The van der Waals surface area contributed by atoms with Gasteiger partial charge in [0.05, 0.1) is 19.1 Å². The maximum absolute atomic E-state index is 12.3. The van der Waals surface area contributed by atoms with Crippen LogP contribution in [0.2, 0.25) is 0 Å². The van der Waals surface area contributed by atoms with Gasteiger partial charge in [0.15, 0.2) is 0 Å². The van der Waals surface area contributed by atoms with Crippen molar-refractivity contribution in [2.75, 3.05) is 7.11 Å². The maximum atomic E-state index is 12.3. The van der Waals surface area contributed by atoms with E-state index in [1.165, 1.54) is 7.11 Å². The Labute approximate surface area is 162 Å². The van der Waals surface area contributed by atoms with Gasteiger partial charge in [0.1, 0.15) is 0 Å². The summed E-state index contributed by atoms with van der Waals surface area (Å²) in [5, 5.41) is 3.96. The maximum Gasteiger partial charge on any atom is 0.305 e. The molecule has 0 aliphatic rings. The van der Waals surface area contributed by atoms with Gasteiger partial charge in [-0.2, -0.15) is 11.3 Å². The van der Waals surface area contributed by atoms with Gasteiger partial charge in [-0.25, -0.2) is 0 Å². The van der Waals surface area contributed by atoms with Gasteiger partial charge in [-0.15, -0.1) is 0 Å². The Bertz CT molecular complexity index is 944. The Morgan fingerprint density at radius 1 is 1.19 bits per heavy atom. The van der Waals surface area contributed by atoms with Gasteiger partial charge in [-0.05, 0) is 41.3 Å². The third-order valence-electron chi connectivity index (χ3n) is 4.66. The van der Waals surface area contributed by atoms with Crippen molar-refractivity contribution < 1.29 is 14.3 Å². The van der Waals surface area contributed by atoms with Gasteiger partial charge in [0.2, 0.25) is 0 Å². The molecule has 2 N–H and O–H groups in total. The number of nitrogens with two attached hydrogens (primary N) is 1. The first-order chi connectivity index (χ1) is 13.0. The number of amides is 1. The third kappa shape index (κ3) is 3.95. The fourth-order valence-electron chi connectivity index (χ4n) is 3.38. The fourth-order valence-corrected chi connectivity index (χ4v) is 4.03. The number of esters is 1. The minimum atomic E-state index is -0.458. The molecule has 5 nitrogen and oxygen atoms in total.